The van der Waals surface area contributed by atoms with Crippen molar-refractivity contribution in [3.8, 4) is 5.75 Å². The summed E-state index contributed by atoms with van der Waals surface area (Å²) in [7, 11) is 0. The Morgan fingerprint density at radius 3 is 2.36 bits per heavy atom. The molecular formula is C26H19NO6. The molecule has 164 valence electrons. The van der Waals surface area contributed by atoms with Crippen molar-refractivity contribution in [1.82, 2.24) is 0 Å². The molecular weight excluding hydrogens is 422 g/mol. The number of nitro benzene ring substituents is 1. The third-order valence-corrected chi connectivity index (χ3v) is 5.34. The summed E-state index contributed by atoms with van der Waals surface area (Å²) in [6.07, 6.45) is 2.83. The molecule has 3 aromatic carbocycles. The molecule has 0 aliphatic rings. The van der Waals surface area contributed by atoms with Crippen molar-refractivity contribution in [2.75, 3.05) is 0 Å². The van der Waals surface area contributed by atoms with Crippen LogP contribution in [0.15, 0.2) is 94.2 Å². The summed E-state index contributed by atoms with van der Waals surface area (Å²) in [5.74, 6) is -1.21. The fourth-order valence-electron chi connectivity index (χ4n) is 3.69. The minimum atomic E-state index is -0.721. The van der Waals surface area contributed by atoms with E-state index < -0.39 is 16.5 Å². The molecule has 1 heterocycles. The normalized spacial score (nSPS) is 12.1. The highest BCUT2D eigenvalue weighted by atomic mass is 16.6. The average molecular weight is 441 g/mol. The van der Waals surface area contributed by atoms with Crippen LogP contribution in [0.2, 0.25) is 0 Å². The van der Waals surface area contributed by atoms with Gasteiger partial charge in [-0.1, -0.05) is 48.5 Å². The van der Waals surface area contributed by atoms with Crippen LogP contribution in [-0.4, -0.2) is 15.8 Å². The lowest BCUT2D eigenvalue weighted by atomic mass is 9.86. The van der Waals surface area contributed by atoms with Crippen LogP contribution in [0.5, 0.6) is 5.75 Å². The van der Waals surface area contributed by atoms with Gasteiger partial charge in [0.1, 0.15) is 11.3 Å². The molecule has 1 N–H and O–H groups in total. The van der Waals surface area contributed by atoms with Crippen LogP contribution >= 0.6 is 0 Å². The first-order valence-corrected chi connectivity index (χ1v) is 10.2. The molecule has 7 nitrogen and oxygen atoms in total. The maximum absolute atomic E-state index is 12.8. The number of ketones is 1. The average Bonchev–Trinajstić information content (AvgIpc) is 2.83. The smallest absolute Gasteiger partial charge is 0.343 e. The summed E-state index contributed by atoms with van der Waals surface area (Å²) >= 11 is 0. The third kappa shape index (κ3) is 4.72. The van der Waals surface area contributed by atoms with E-state index in [1.807, 2.05) is 6.07 Å². The van der Waals surface area contributed by atoms with Crippen LogP contribution in [0.1, 0.15) is 29.0 Å². The van der Waals surface area contributed by atoms with E-state index in [-0.39, 0.29) is 34.8 Å². The number of para-hydroxylation sites is 1. The largest absolute Gasteiger partial charge is 0.507 e. The number of non-ortho nitro benzene ring substituents is 1. The molecule has 33 heavy (non-hydrogen) atoms. The maximum Gasteiger partial charge on any atom is 0.343 e. The van der Waals surface area contributed by atoms with Gasteiger partial charge in [-0.05, 0) is 41.5 Å². The molecule has 7 heteroatoms. The number of nitrogens with zero attached hydrogens (tertiary/aromatic N) is 1. The molecule has 0 bridgehead atoms. The van der Waals surface area contributed by atoms with Gasteiger partial charge in [0.25, 0.3) is 5.69 Å². The van der Waals surface area contributed by atoms with Crippen LogP contribution in [0.25, 0.3) is 17.0 Å². The molecule has 0 aliphatic carbocycles. The van der Waals surface area contributed by atoms with Gasteiger partial charge in [0.15, 0.2) is 5.78 Å². The van der Waals surface area contributed by atoms with Gasteiger partial charge >= 0.3 is 5.63 Å². The maximum atomic E-state index is 12.8. The van der Waals surface area contributed by atoms with Gasteiger partial charge < -0.3 is 9.52 Å². The Kier molecular flexibility index (Phi) is 6.13. The molecule has 0 radical (unpaired) electrons. The summed E-state index contributed by atoms with van der Waals surface area (Å²) in [6.45, 7) is 0. The van der Waals surface area contributed by atoms with Crippen molar-refractivity contribution in [2.24, 2.45) is 0 Å². The highest BCUT2D eigenvalue weighted by Crippen LogP contribution is 2.36. The number of hydrogen-bond donors (Lipinski definition) is 1. The molecule has 0 saturated heterocycles. The van der Waals surface area contributed by atoms with Crippen LogP contribution < -0.4 is 5.63 Å². The Balaban J connectivity index is 1.68. The predicted octanol–water partition coefficient (Wildman–Crippen LogP) is 5.21. The van der Waals surface area contributed by atoms with Crippen LogP contribution in [0.4, 0.5) is 5.69 Å². The summed E-state index contributed by atoms with van der Waals surface area (Å²) in [4.78, 5) is 35.9. The zero-order valence-corrected chi connectivity index (χ0v) is 17.4. The quantitative estimate of drug-likeness (QED) is 0.182. The minimum Gasteiger partial charge on any atom is -0.507 e. The molecule has 0 saturated carbocycles. The van der Waals surface area contributed by atoms with Gasteiger partial charge in [-0.25, -0.2) is 4.79 Å². The van der Waals surface area contributed by atoms with Gasteiger partial charge in [-0.2, -0.15) is 0 Å². The van der Waals surface area contributed by atoms with E-state index in [1.165, 1.54) is 18.2 Å². The van der Waals surface area contributed by atoms with E-state index >= 15 is 0 Å². The fraction of sp³-hybridized carbons (Fsp3) is 0.0769. The van der Waals surface area contributed by atoms with Gasteiger partial charge in [-0.15, -0.1) is 0 Å². The van der Waals surface area contributed by atoms with E-state index in [0.717, 1.165) is 0 Å². The summed E-state index contributed by atoms with van der Waals surface area (Å²) in [5, 5.41) is 22.1. The summed E-state index contributed by atoms with van der Waals surface area (Å²) in [5.41, 5.74) is 0.857. The zero-order valence-electron chi connectivity index (χ0n) is 17.4. The predicted molar refractivity (Wildman–Crippen MR) is 124 cm³/mol. The molecule has 0 fully saturated rings. The third-order valence-electron chi connectivity index (χ3n) is 5.34. The Hall–Kier alpha value is -4.52. The second kappa shape index (κ2) is 9.32. The first kappa shape index (κ1) is 21.7. The van der Waals surface area contributed by atoms with Crippen LogP contribution in [0.3, 0.4) is 0 Å². The fourth-order valence-corrected chi connectivity index (χ4v) is 3.69. The molecule has 1 unspecified atom stereocenters. The van der Waals surface area contributed by atoms with Crippen molar-refractivity contribution in [3.05, 3.63) is 122 Å². The number of allylic oxidation sites excluding steroid dienone is 1. The van der Waals surface area contributed by atoms with Gasteiger partial charge in [0.05, 0.1) is 15.9 Å². The second-order valence-corrected chi connectivity index (χ2v) is 7.46. The molecule has 0 spiro atoms. The molecule has 1 aromatic heterocycles. The number of hydrogen-bond acceptors (Lipinski definition) is 6. The lowest BCUT2D eigenvalue weighted by Crippen LogP contribution is -2.16. The van der Waals surface area contributed by atoms with E-state index in [9.17, 15) is 24.8 Å². The highest BCUT2D eigenvalue weighted by molar-refractivity contribution is 5.94. The van der Waals surface area contributed by atoms with Gasteiger partial charge in [0, 0.05) is 24.5 Å². The number of fused-ring (bicyclic) bond motifs is 1. The van der Waals surface area contributed by atoms with E-state index in [1.54, 1.807) is 66.7 Å². The monoisotopic (exact) mass is 441 g/mol. The molecule has 0 aliphatic heterocycles. The Bertz CT molecular complexity index is 1400. The minimum absolute atomic E-state index is 0.0250. The lowest BCUT2D eigenvalue weighted by molar-refractivity contribution is -0.384. The highest BCUT2D eigenvalue weighted by Gasteiger charge is 2.26. The van der Waals surface area contributed by atoms with E-state index in [2.05, 4.69) is 0 Å². The lowest BCUT2D eigenvalue weighted by Gasteiger charge is -2.17. The molecule has 4 rings (SSSR count). The number of benzene rings is 3. The van der Waals surface area contributed by atoms with E-state index in [0.29, 0.717) is 16.5 Å². The number of carbonyl (C=O) groups is 1. The van der Waals surface area contributed by atoms with Crippen molar-refractivity contribution in [1.29, 1.82) is 0 Å². The zero-order chi connectivity index (χ0) is 23.4. The van der Waals surface area contributed by atoms with Gasteiger partial charge in [-0.3, -0.25) is 14.9 Å². The Morgan fingerprint density at radius 1 is 1.00 bits per heavy atom. The molecule has 4 aromatic rings. The number of carbonyl (C=O) groups excluding carboxylic acids is 1. The summed E-state index contributed by atoms with van der Waals surface area (Å²) in [6, 6.07) is 21.4. The Morgan fingerprint density at radius 2 is 1.67 bits per heavy atom. The second-order valence-electron chi connectivity index (χ2n) is 7.46. The molecule has 1 atom stereocenters. The number of rotatable bonds is 7. The van der Waals surface area contributed by atoms with Crippen molar-refractivity contribution >= 4 is 28.5 Å². The van der Waals surface area contributed by atoms with Crippen LogP contribution in [-0.2, 0) is 4.79 Å². The van der Waals surface area contributed by atoms with Gasteiger partial charge in [0.2, 0.25) is 0 Å². The van der Waals surface area contributed by atoms with Crippen molar-refractivity contribution in [2.45, 2.75) is 12.3 Å². The summed E-state index contributed by atoms with van der Waals surface area (Å²) < 4.78 is 5.42. The molecule has 0 amide bonds. The van der Waals surface area contributed by atoms with Crippen molar-refractivity contribution in [3.63, 3.8) is 0 Å². The first-order chi connectivity index (χ1) is 15.9. The van der Waals surface area contributed by atoms with Crippen LogP contribution in [0, 0.1) is 10.1 Å². The standard InChI is InChI=1S/C26H19NO6/c28-20(15-12-17-10-13-19(14-11-17)27(31)32)16-22(18-6-2-1-3-7-18)24-25(29)21-8-4-5-9-23(21)33-26(24)30/h1-15,22,29H,16H2/b15-12+. The first-order valence-electron chi connectivity index (χ1n) is 10.2. The topological polar surface area (TPSA) is 111 Å². The number of nitro groups is 1. The van der Waals surface area contributed by atoms with E-state index in [4.69, 9.17) is 4.42 Å². The number of aromatic hydroxyl groups is 1. The van der Waals surface area contributed by atoms with Crippen molar-refractivity contribution < 1.29 is 19.2 Å². The SMILES string of the molecule is O=C(/C=C/c1ccc([N+](=O)[O-])cc1)CC(c1ccccc1)c1c(O)c2ccccc2oc1=O. The Labute approximate surface area is 188 Å².